The molecule has 0 N–H and O–H groups in total. The van der Waals surface area contributed by atoms with Crippen LogP contribution in [0.15, 0.2) is 71.6 Å². The molecule has 3 aromatic rings. The van der Waals surface area contributed by atoms with Crippen LogP contribution in [0.3, 0.4) is 0 Å². The lowest BCUT2D eigenvalue weighted by atomic mass is 9.98. The van der Waals surface area contributed by atoms with Gasteiger partial charge in [0.1, 0.15) is 5.82 Å². The van der Waals surface area contributed by atoms with E-state index in [-0.39, 0.29) is 23.6 Å². The van der Waals surface area contributed by atoms with Crippen molar-refractivity contribution in [2.24, 2.45) is 0 Å². The number of Topliss-reactive ketones (excluding diaryl/α,β-unsaturated/α-hetero) is 1. The van der Waals surface area contributed by atoms with Crippen LogP contribution in [0.5, 0.6) is 0 Å². The summed E-state index contributed by atoms with van der Waals surface area (Å²) in [5.41, 5.74) is 1.03. The summed E-state index contributed by atoms with van der Waals surface area (Å²) in [4.78, 5) is 12.9. The van der Waals surface area contributed by atoms with Crippen LogP contribution in [0.2, 0.25) is 5.02 Å². The monoisotopic (exact) mass is 539 g/mol. The van der Waals surface area contributed by atoms with Crippen molar-refractivity contribution in [2.45, 2.75) is 42.8 Å². The number of hydrogen-bond acceptors (Lipinski definition) is 3. The third-order valence-electron chi connectivity index (χ3n) is 6.19. The van der Waals surface area contributed by atoms with E-state index in [2.05, 4.69) is 0 Å². The summed E-state index contributed by atoms with van der Waals surface area (Å²) in [6, 6.07) is 14.3. The van der Waals surface area contributed by atoms with Crippen LogP contribution in [0.25, 0.3) is 11.1 Å². The lowest BCUT2D eigenvalue weighted by Crippen LogP contribution is -2.40. The van der Waals surface area contributed by atoms with Gasteiger partial charge in [-0.3, -0.25) is 4.79 Å². The molecule has 1 aliphatic rings. The highest BCUT2D eigenvalue weighted by Gasteiger charge is 2.39. The summed E-state index contributed by atoms with van der Waals surface area (Å²) >= 11 is 5.84. The van der Waals surface area contributed by atoms with Crippen molar-refractivity contribution < 1.29 is 30.8 Å². The van der Waals surface area contributed by atoms with Gasteiger partial charge in [0, 0.05) is 13.0 Å². The molecular weight excluding hydrogens is 518 g/mol. The minimum absolute atomic E-state index is 0.0634. The van der Waals surface area contributed by atoms with Gasteiger partial charge in [0.2, 0.25) is 10.0 Å². The minimum atomic E-state index is -4.55. The number of halogens is 5. The maximum absolute atomic E-state index is 13.2. The van der Waals surface area contributed by atoms with Gasteiger partial charge in [-0.25, -0.2) is 12.8 Å². The quantitative estimate of drug-likeness (QED) is 0.321. The molecule has 1 atom stereocenters. The van der Waals surface area contributed by atoms with Crippen LogP contribution in [-0.4, -0.2) is 31.1 Å². The van der Waals surface area contributed by atoms with Gasteiger partial charge in [-0.05, 0) is 72.4 Å². The average Bonchev–Trinajstić information content (AvgIpc) is 3.33. The van der Waals surface area contributed by atoms with Gasteiger partial charge in [-0.1, -0.05) is 41.9 Å². The zero-order valence-corrected chi connectivity index (χ0v) is 20.5. The van der Waals surface area contributed by atoms with Crippen molar-refractivity contribution in [1.29, 1.82) is 0 Å². The number of carbonyl (C=O) groups is 1. The lowest BCUT2D eigenvalue weighted by molar-refractivity contribution is -0.137. The number of rotatable bonds is 7. The second kappa shape index (κ2) is 10.3. The average molecular weight is 540 g/mol. The molecule has 1 saturated heterocycles. The molecule has 1 fully saturated rings. The molecule has 0 saturated carbocycles. The Morgan fingerprint density at radius 2 is 1.69 bits per heavy atom. The molecule has 1 heterocycles. The number of alkyl halides is 3. The van der Waals surface area contributed by atoms with Gasteiger partial charge in [0.15, 0.2) is 5.78 Å². The number of ketones is 1. The molecule has 36 heavy (non-hydrogen) atoms. The van der Waals surface area contributed by atoms with E-state index in [0.29, 0.717) is 30.4 Å². The van der Waals surface area contributed by atoms with E-state index >= 15 is 0 Å². The first kappa shape index (κ1) is 26.3. The van der Waals surface area contributed by atoms with E-state index in [1.807, 2.05) is 0 Å². The standard InChI is InChI=1S/C26H22ClF4NO3S/c27-23-16-19(7-12-22(23)26(29,30)31)18-4-1-3-17(15-18)6-13-25(33)24-5-2-14-32(24)36(34,35)21-10-8-20(28)9-11-21/h1,3-4,7-12,15-16,24H,2,5-6,13-14H2/t24-/m0/s1. The van der Waals surface area contributed by atoms with E-state index in [1.165, 1.54) is 28.6 Å². The molecule has 0 radical (unpaired) electrons. The number of nitrogens with zero attached hydrogens (tertiary/aromatic N) is 1. The van der Waals surface area contributed by atoms with Crippen LogP contribution in [0.1, 0.15) is 30.4 Å². The second-order valence-electron chi connectivity index (χ2n) is 8.59. The molecule has 0 unspecified atom stereocenters. The van der Waals surface area contributed by atoms with Crippen molar-refractivity contribution in [3.05, 3.63) is 88.7 Å². The first-order chi connectivity index (χ1) is 17.0. The van der Waals surface area contributed by atoms with Gasteiger partial charge >= 0.3 is 6.18 Å². The molecule has 4 nitrogen and oxygen atoms in total. The maximum Gasteiger partial charge on any atom is 0.417 e. The lowest BCUT2D eigenvalue weighted by Gasteiger charge is -2.23. The highest BCUT2D eigenvalue weighted by atomic mass is 35.5. The van der Waals surface area contributed by atoms with Crippen molar-refractivity contribution >= 4 is 27.4 Å². The van der Waals surface area contributed by atoms with E-state index in [0.717, 1.165) is 23.8 Å². The van der Waals surface area contributed by atoms with Gasteiger partial charge in [0.05, 0.1) is 21.5 Å². The summed E-state index contributed by atoms with van der Waals surface area (Å²) in [7, 11) is -3.94. The molecule has 190 valence electrons. The Balaban J connectivity index is 1.46. The fourth-order valence-electron chi connectivity index (χ4n) is 4.36. The Bertz CT molecular complexity index is 1370. The SMILES string of the molecule is O=C(CCc1cccc(-c2ccc(C(F)(F)F)c(Cl)c2)c1)[C@@H]1CCCN1S(=O)(=O)c1ccc(F)cc1. The minimum Gasteiger partial charge on any atom is -0.298 e. The fourth-order valence-corrected chi connectivity index (χ4v) is 6.32. The van der Waals surface area contributed by atoms with Gasteiger partial charge < -0.3 is 0 Å². The Labute approximate surface area is 211 Å². The van der Waals surface area contributed by atoms with Crippen molar-refractivity contribution in [1.82, 2.24) is 4.31 Å². The molecule has 0 amide bonds. The van der Waals surface area contributed by atoms with Gasteiger partial charge in [-0.2, -0.15) is 17.5 Å². The smallest absolute Gasteiger partial charge is 0.298 e. The highest BCUT2D eigenvalue weighted by molar-refractivity contribution is 7.89. The zero-order valence-electron chi connectivity index (χ0n) is 18.9. The van der Waals surface area contributed by atoms with E-state index in [9.17, 15) is 30.8 Å². The number of carbonyl (C=O) groups excluding carboxylic acids is 1. The normalized spacial score (nSPS) is 16.9. The van der Waals surface area contributed by atoms with Crippen LogP contribution in [-0.2, 0) is 27.4 Å². The Kier molecular flexibility index (Phi) is 7.54. The summed E-state index contributed by atoms with van der Waals surface area (Å²) in [5.74, 6) is -0.773. The molecule has 0 aromatic heterocycles. The summed E-state index contributed by atoms with van der Waals surface area (Å²) in [6.45, 7) is 0.209. The fraction of sp³-hybridized carbons (Fsp3) is 0.269. The van der Waals surface area contributed by atoms with Crippen molar-refractivity contribution in [3.8, 4) is 11.1 Å². The van der Waals surface area contributed by atoms with Crippen molar-refractivity contribution in [2.75, 3.05) is 6.54 Å². The number of sulfonamides is 1. The maximum atomic E-state index is 13.2. The van der Waals surface area contributed by atoms with E-state index < -0.39 is 38.6 Å². The predicted octanol–water partition coefficient (Wildman–Crippen LogP) is 6.52. The zero-order chi connectivity index (χ0) is 26.1. The van der Waals surface area contributed by atoms with Gasteiger partial charge in [0.25, 0.3) is 0 Å². The molecule has 3 aromatic carbocycles. The van der Waals surface area contributed by atoms with Crippen LogP contribution >= 0.6 is 11.6 Å². The van der Waals surface area contributed by atoms with Crippen LogP contribution in [0.4, 0.5) is 17.6 Å². The second-order valence-corrected chi connectivity index (χ2v) is 10.9. The Hall–Kier alpha value is -2.75. The summed E-state index contributed by atoms with van der Waals surface area (Å²) < 4.78 is 79.4. The molecule has 0 aliphatic carbocycles. The summed E-state index contributed by atoms with van der Waals surface area (Å²) in [6.07, 6.45) is -3.17. The first-order valence-electron chi connectivity index (χ1n) is 11.2. The molecule has 10 heteroatoms. The molecule has 0 spiro atoms. The largest absolute Gasteiger partial charge is 0.417 e. The number of aryl methyl sites for hydroxylation is 1. The molecule has 0 bridgehead atoms. The topological polar surface area (TPSA) is 54.5 Å². The van der Waals surface area contributed by atoms with Crippen LogP contribution < -0.4 is 0 Å². The van der Waals surface area contributed by atoms with Gasteiger partial charge in [-0.15, -0.1) is 0 Å². The molecule has 4 rings (SSSR count). The third kappa shape index (κ3) is 5.63. The van der Waals surface area contributed by atoms with Crippen molar-refractivity contribution in [3.63, 3.8) is 0 Å². The Morgan fingerprint density at radius 1 is 1.00 bits per heavy atom. The van der Waals surface area contributed by atoms with E-state index in [1.54, 1.807) is 24.3 Å². The molecular formula is C26H22ClF4NO3S. The molecule has 1 aliphatic heterocycles. The van der Waals surface area contributed by atoms with Crippen LogP contribution in [0, 0.1) is 5.82 Å². The highest BCUT2D eigenvalue weighted by Crippen LogP contribution is 2.37. The number of benzene rings is 3. The third-order valence-corrected chi connectivity index (χ3v) is 8.43. The Morgan fingerprint density at radius 3 is 2.36 bits per heavy atom. The first-order valence-corrected chi connectivity index (χ1v) is 13.0. The van der Waals surface area contributed by atoms with E-state index in [4.69, 9.17) is 11.6 Å². The summed E-state index contributed by atoms with van der Waals surface area (Å²) in [5, 5.41) is -0.399. The number of hydrogen-bond donors (Lipinski definition) is 0. The predicted molar refractivity (Wildman–Crippen MR) is 129 cm³/mol.